The van der Waals surface area contributed by atoms with Crippen LogP contribution in [0.4, 0.5) is 0 Å². The number of nitrogens with zero attached hydrogens (tertiary/aromatic N) is 2. The number of nitrogens with one attached hydrogen (secondary N) is 1. The van der Waals surface area contributed by atoms with Crippen molar-refractivity contribution in [1.82, 2.24) is 15.1 Å². The van der Waals surface area contributed by atoms with Crippen molar-refractivity contribution in [1.29, 1.82) is 0 Å². The second kappa shape index (κ2) is 70.4. The maximum Gasteiger partial charge on any atom is 0.333 e. The minimum atomic E-state index is -0.481. The normalized spacial score (nSPS) is 10.6. The Kier molecular flexibility index (Phi) is 77.2. The van der Waals surface area contributed by atoms with E-state index in [4.69, 9.17) is 0 Å². The molecule has 2 aliphatic rings. The number of nitrogens with two attached hydrogens (primary N) is 1. The van der Waals surface area contributed by atoms with Gasteiger partial charge in [0, 0.05) is 70.4 Å². The van der Waals surface area contributed by atoms with Crippen LogP contribution in [0, 0.1) is 0 Å². The van der Waals surface area contributed by atoms with E-state index in [2.05, 4.69) is 91.4 Å². The molecule has 1 heterocycles. The molecular weight excluding hydrogens is 1040 g/mol. The van der Waals surface area contributed by atoms with Crippen molar-refractivity contribution in [2.24, 2.45) is 5.73 Å². The van der Waals surface area contributed by atoms with Crippen molar-refractivity contribution in [3.05, 3.63) is 185 Å². The molecule has 82 heavy (non-hydrogen) atoms. The first kappa shape index (κ1) is 90.0. The lowest BCUT2D eigenvalue weighted by atomic mass is 10.1. The van der Waals surface area contributed by atoms with Crippen molar-refractivity contribution in [3.8, 4) is 0 Å². The molecule has 0 saturated carbocycles. The number of esters is 3. The zero-order chi connectivity index (χ0) is 65.1. The molecule has 1 aliphatic carbocycles. The van der Waals surface area contributed by atoms with E-state index < -0.39 is 5.91 Å². The van der Waals surface area contributed by atoms with Crippen LogP contribution in [0.15, 0.2) is 180 Å². The fourth-order valence-corrected chi connectivity index (χ4v) is 4.30. The fraction of sp³-hybridized carbons (Fsp3) is 0.385. The summed E-state index contributed by atoms with van der Waals surface area (Å²) in [6.07, 6.45) is 28.3. The lowest BCUT2D eigenvalue weighted by Gasteiger charge is -2.25. The molecule has 1 saturated heterocycles. The molecule has 17 nitrogen and oxygen atoms in total. The summed E-state index contributed by atoms with van der Waals surface area (Å²) in [5, 5.41) is 2.36. The summed E-state index contributed by atoms with van der Waals surface area (Å²) < 4.78 is 13.7. The number of allylic oxidation sites excluding steroid dienone is 8. The molecule has 1 aromatic carbocycles. The van der Waals surface area contributed by atoms with Gasteiger partial charge in [-0.25, -0.2) is 14.4 Å². The summed E-state index contributed by atoms with van der Waals surface area (Å²) in [7, 11) is 4.93. The molecule has 1 aliphatic heterocycles. The molecule has 0 spiro atoms. The number of ether oxygens (including phenoxy) is 3. The number of benzene rings is 1. The minimum Gasteiger partial charge on any atom is -0.463 e. The van der Waals surface area contributed by atoms with Gasteiger partial charge in [-0.05, 0) is 130 Å². The van der Waals surface area contributed by atoms with Gasteiger partial charge in [0.15, 0.2) is 17.3 Å². The number of carbonyl (C=O) groups excluding carboxylic acids is 10. The molecule has 3 rings (SSSR count). The summed E-state index contributed by atoms with van der Waals surface area (Å²) >= 11 is 0. The summed E-state index contributed by atoms with van der Waals surface area (Å²) in [5.74, 6) is -1.03. The van der Waals surface area contributed by atoms with Gasteiger partial charge in [-0.3, -0.25) is 33.6 Å². The third-order valence-corrected chi connectivity index (χ3v) is 8.59. The average Bonchev–Trinajstić information content (AvgIpc) is 3.48. The standard InChI is InChI=1S/C9H8O.C8H13NO.C7H12O.3C6H10O2.C6H8O.C5H9NO.C5H8.C4H7NO.C3H5NO/c1-2-9(10)8-6-4-3-5-7-8;1-2-8(10)9-6-4-3-5-7-9;1-3-5-6-7(8)4-2;1-4-8-6(7)5(2)3;2*1-3-5-6(7)8-4-2;7-6-4-2-1-3-5-6;1-4-5(7)6(2)3;1-4-5(2)3;1-3-4(6)5-2;1-2-3(4)5/h2-7H,1H2;2H,1,3-7H2;4H,2-3,5-6H2,1H3;2,4H2,1,3H3;2*3,5H,4H2,1-2H3;2,4H,1,3,5H2;4H,1H2,2-3H3;4H,1-2H2,3H3;3H,1H2,2H3,(H,5,6);2H,1H2,(H2,4,5)/b;;;;5-3+;5-3-;;;;;. The Hall–Kier alpha value is -8.60. The van der Waals surface area contributed by atoms with Crippen LogP contribution in [-0.2, 0) is 57.4 Å². The monoisotopic (exact) mass is 1140 g/mol. The Morgan fingerprint density at radius 1 is 0.671 bits per heavy atom. The first-order chi connectivity index (χ1) is 38.7. The highest BCUT2D eigenvalue weighted by atomic mass is 16.5. The smallest absolute Gasteiger partial charge is 0.333 e. The lowest BCUT2D eigenvalue weighted by Crippen LogP contribution is -2.34. The number of hydrogen-bond donors (Lipinski definition) is 2. The molecule has 458 valence electrons. The third-order valence-electron chi connectivity index (χ3n) is 8.59. The first-order valence-electron chi connectivity index (χ1n) is 26.5. The second-order valence-electron chi connectivity index (χ2n) is 16.0. The summed E-state index contributed by atoms with van der Waals surface area (Å²) in [5.41, 5.74) is 6.70. The zero-order valence-corrected chi connectivity index (χ0v) is 51.4. The molecule has 17 heteroatoms. The van der Waals surface area contributed by atoms with Crippen LogP contribution < -0.4 is 11.1 Å². The third kappa shape index (κ3) is 80.3. The fourth-order valence-electron chi connectivity index (χ4n) is 4.30. The van der Waals surface area contributed by atoms with Crippen molar-refractivity contribution in [2.45, 2.75) is 113 Å². The second-order valence-corrected chi connectivity index (χ2v) is 16.0. The predicted molar refractivity (Wildman–Crippen MR) is 336 cm³/mol. The van der Waals surface area contributed by atoms with Crippen molar-refractivity contribution < 1.29 is 62.2 Å². The molecule has 0 atom stereocenters. The largest absolute Gasteiger partial charge is 0.463 e. The number of primary amides is 1. The highest BCUT2D eigenvalue weighted by Crippen LogP contribution is 2.08. The van der Waals surface area contributed by atoms with Crippen molar-refractivity contribution in [2.75, 3.05) is 54.1 Å². The van der Waals surface area contributed by atoms with E-state index in [0.29, 0.717) is 37.4 Å². The van der Waals surface area contributed by atoms with Crippen LogP contribution in [-0.4, -0.2) is 123 Å². The SMILES string of the molecule is C/C=C/C(=O)OCC.C/C=C\C(=O)OCC.C=C(C)C(=O)OCC.C=CC(=C)C.C=CC(=O)CCCC.C=CC(=O)N(C)C.C=CC(=O)N1CCCCC1.C=CC(=O)NC.C=CC(=O)c1ccccc1.C=CC(N)=O.O=C1C=CCCC1. The molecule has 1 aromatic rings. The van der Waals surface area contributed by atoms with E-state index in [1.165, 1.54) is 53.9 Å². The van der Waals surface area contributed by atoms with Gasteiger partial charge in [-0.15, -0.1) is 0 Å². The number of rotatable bonds is 17. The highest BCUT2D eigenvalue weighted by Gasteiger charge is 2.12. The van der Waals surface area contributed by atoms with Gasteiger partial charge in [0.1, 0.15) is 0 Å². The highest BCUT2D eigenvalue weighted by molar-refractivity contribution is 6.04. The van der Waals surface area contributed by atoms with Crippen molar-refractivity contribution in [3.63, 3.8) is 0 Å². The van der Waals surface area contributed by atoms with Crippen molar-refractivity contribution >= 4 is 58.9 Å². The van der Waals surface area contributed by atoms with E-state index >= 15 is 0 Å². The van der Waals surface area contributed by atoms with Gasteiger partial charge >= 0.3 is 17.9 Å². The molecule has 1 fully saturated rings. The molecule has 3 N–H and O–H groups in total. The number of amides is 4. The van der Waals surface area contributed by atoms with Crippen LogP contribution in [0.5, 0.6) is 0 Å². The van der Waals surface area contributed by atoms with E-state index in [-0.39, 0.29) is 53.0 Å². The van der Waals surface area contributed by atoms with Crippen LogP contribution >= 0.6 is 0 Å². The summed E-state index contributed by atoms with van der Waals surface area (Å²) in [6, 6.07) is 9.07. The van der Waals surface area contributed by atoms with Gasteiger partial charge in [-0.2, -0.15) is 0 Å². The number of ketones is 3. The Balaban J connectivity index is -0.000000123. The van der Waals surface area contributed by atoms with Gasteiger partial charge in [0.2, 0.25) is 23.6 Å². The summed E-state index contributed by atoms with van der Waals surface area (Å²) in [4.78, 5) is 107. The number of unbranched alkanes of at least 4 members (excludes halogenated alkanes) is 1. The van der Waals surface area contributed by atoms with E-state index in [9.17, 15) is 47.9 Å². The van der Waals surface area contributed by atoms with E-state index in [1.807, 2.05) is 36.1 Å². The van der Waals surface area contributed by atoms with Crippen LogP contribution in [0.25, 0.3) is 0 Å². The van der Waals surface area contributed by atoms with Gasteiger partial charge in [0.05, 0.1) is 19.8 Å². The number of piperidine rings is 1. The Morgan fingerprint density at radius 3 is 1.38 bits per heavy atom. The topological polar surface area (TPSA) is 243 Å². The van der Waals surface area contributed by atoms with Gasteiger partial charge in [0.25, 0.3) is 0 Å². The Morgan fingerprint density at radius 2 is 1.15 bits per heavy atom. The Labute approximate surface area is 492 Å². The number of hydrogen-bond acceptors (Lipinski definition) is 13. The molecule has 0 aromatic heterocycles. The predicted octanol–water partition coefficient (Wildman–Crippen LogP) is 11.4. The Bertz CT molecular complexity index is 2100. The quantitative estimate of drug-likeness (QED) is 0.0485. The molecule has 4 amide bonds. The van der Waals surface area contributed by atoms with Gasteiger partial charge < -0.3 is 35.1 Å². The first-order valence-corrected chi connectivity index (χ1v) is 26.5. The van der Waals surface area contributed by atoms with E-state index in [0.717, 1.165) is 69.7 Å². The maximum absolute atomic E-state index is 11.0. The average molecular weight is 1150 g/mol. The van der Waals surface area contributed by atoms with Crippen LogP contribution in [0.1, 0.15) is 124 Å². The zero-order valence-electron chi connectivity index (χ0n) is 51.4. The number of carbonyl (C=O) groups is 10. The lowest BCUT2D eigenvalue weighted by molar-refractivity contribution is -0.139. The molecular formula is C65H100N4O13. The number of likely N-dealkylation sites (tertiary alicyclic amines) is 1. The van der Waals surface area contributed by atoms with Crippen LogP contribution in [0.2, 0.25) is 0 Å². The maximum atomic E-state index is 11.0. The van der Waals surface area contributed by atoms with Crippen LogP contribution in [0.3, 0.4) is 0 Å². The van der Waals surface area contributed by atoms with Gasteiger partial charge in [-0.1, -0.05) is 133 Å². The minimum absolute atomic E-state index is 0.0272. The van der Waals surface area contributed by atoms with E-state index in [1.54, 1.807) is 99.1 Å². The molecule has 0 bridgehead atoms. The molecule has 0 radical (unpaired) electrons. The molecule has 0 unspecified atom stereocenters. The summed E-state index contributed by atoms with van der Waals surface area (Å²) in [6.45, 7) is 47.8. The number of likely N-dealkylation sites (N-methyl/N-ethyl adjacent to an activating group) is 2.